The Morgan fingerprint density at radius 1 is 0.484 bits per heavy atom. The summed E-state index contributed by atoms with van der Waals surface area (Å²) >= 11 is 0. The molecular formula is C28H23N3. The normalized spacial score (nSPS) is 10.8. The summed E-state index contributed by atoms with van der Waals surface area (Å²) in [6, 6.07) is 39.4. The largest absolute Gasteiger partial charge is 0.399 e. The van der Waals surface area contributed by atoms with E-state index in [1.807, 2.05) is 24.3 Å². The molecule has 0 aliphatic rings. The Balaban J connectivity index is 1.61. The van der Waals surface area contributed by atoms with Crippen molar-refractivity contribution < 1.29 is 0 Å². The van der Waals surface area contributed by atoms with Crippen LogP contribution >= 0.6 is 0 Å². The Kier molecular flexibility index (Phi) is 4.77. The maximum Gasteiger partial charge on any atom is 0.0468 e. The van der Waals surface area contributed by atoms with Crippen LogP contribution in [0.1, 0.15) is 0 Å². The predicted molar refractivity (Wildman–Crippen MR) is 133 cm³/mol. The first kappa shape index (κ1) is 18.8. The van der Waals surface area contributed by atoms with Crippen molar-refractivity contribution in [2.75, 3.05) is 16.4 Å². The number of rotatable bonds is 4. The monoisotopic (exact) mass is 401 g/mol. The first-order valence-corrected chi connectivity index (χ1v) is 10.3. The molecule has 150 valence electrons. The smallest absolute Gasteiger partial charge is 0.0468 e. The van der Waals surface area contributed by atoms with E-state index in [9.17, 15) is 0 Å². The molecule has 5 rings (SSSR count). The minimum atomic E-state index is 0.704. The van der Waals surface area contributed by atoms with Gasteiger partial charge in [-0.2, -0.15) is 0 Å². The number of nitrogen functional groups attached to an aromatic ring is 2. The second-order valence-corrected chi connectivity index (χ2v) is 7.60. The average Bonchev–Trinajstić information content (AvgIpc) is 2.82. The lowest BCUT2D eigenvalue weighted by Gasteiger charge is -2.26. The maximum absolute atomic E-state index is 6.19. The lowest BCUT2D eigenvalue weighted by molar-refractivity contribution is 1.29. The standard InChI is InChI=1S/C28H23N3/c29-23-13-17-28(30)27(19-23)21-11-14-25(15-12-21)31(24-8-2-1-3-9-24)26-16-10-20-6-4-5-7-22(20)18-26/h1-19H,29-30H2. The third-order valence-corrected chi connectivity index (χ3v) is 5.52. The maximum atomic E-state index is 6.19. The van der Waals surface area contributed by atoms with E-state index in [1.54, 1.807) is 0 Å². The summed E-state index contributed by atoms with van der Waals surface area (Å²) in [5, 5.41) is 2.44. The van der Waals surface area contributed by atoms with Crippen molar-refractivity contribution in [3.63, 3.8) is 0 Å². The molecule has 3 nitrogen and oxygen atoms in total. The van der Waals surface area contributed by atoms with Gasteiger partial charge in [0.1, 0.15) is 0 Å². The SMILES string of the molecule is Nc1ccc(N)c(-c2ccc(N(c3ccccc3)c3ccc4ccccc4c3)cc2)c1. The molecule has 0 heterocycles. The first-order valence-electron chi connectivity index (χ1n) is 10.3. The number of hydrogen-bond donors (Lipinski definition) is 2. The minimum Gasteiger partial charge on any atom is -0.399 e. The van der Waals surface area contributed by atoms with Crippen LogP contribution in [0.4, 0.5) is 28.4 Å². The Bertz CT molecular complexity index is 1340. The number of nitrogens with zero attached hydrogens (tertiary/aromatic N) is 1. The van der Waals surface area contributed by atoms with Gasteiger partial charge in [-0.1, -0.05) is 60.7 Å². The highest BCUT2D eigenvalue weighted by Gasteiger charge is 2.13. The van der Waals surface area contributed by atoms with Gasteiger partial charge in [0.2, 0.25) is 0 Å². The summed E-state index contributed by atoms with van der Waals surface area (Å²) in [5.74, 6) is 0. The van der Waals surface area contributed by atoms with Gasteiger partial charge in [-0.15, -0.1) is 0 Å². The Labute approximate surface area is 182 Å². The summed E-state index contributed by atoms with van der Waals surface area (Å²) in [7, 11) is 0. The summed E-state index contributed by atoms with van der Waals surface area (Å²) < 4.78 is 0. The molecule has 0 fully saturated rings. The van der Waals surface area contributed by atoms with Crippen molar-refractivity contribution in [2.45, 2.75) is 0 Å². The molecule has 5 aromatic carbocycles. The van der Waals surface area contributed by atoms with Crippen LogP contribution in [0.2, 0.25) is 0 Å². The third-order valence-electron chi connectivity index (χ3n) is 5.52. The molecule has 0 amide bonds. The fraction of sp³-hybridized carbons (Fsp3) is 0. The molecule has 0 aliphatic heterocycles. The topological polar surface area (TPSA) is 55.3 Å². The Morgan fingerprint density at radius 2 is 1.13 bits per heavy atom. The van der Waals surface area contributed by atoms with E-state index in [1.165, 1.54) is 10.8 Å². The molecular weight excluding hydrogens is 378 g/mol. The van der Waals surface area contributed by atoms with Crippen molar-refractivity contribution in [2.24, 2.45) is 0 Å². The van der Waals surface area contributed by atoms with Crippen LogP contribution in [0.5, 0.6) is 0 Å². The number of para-hydroxylation sites is 1. The summed E-state index contributed by atoms with van der Waals surface area (Å²) in [5.41, 5.74) is 18.9. The quantitative estimate of drug-likeness (QED) is 0.315. The first-order chi connectivity index (χ1) is 15.2. The van der Waals surface area contributed by atoms with Crippen LogP contribution in [-0.2, 0) is 0 Å². The average molecular weight is 402 g/mol. The van der Waals surface area contributed by atoms with E-state index in [4.69, 9.17) is 11.5 Å². The molecule has 0 saturated carbocycles. The molecule has 0 aliphatic carbocycles. The van der Waals surface area contributed by atoms with Crippen LogP contribution in [0.25, 0.3) is 21.9 Å². The summed E-state index contributed by atoms with van der Waals surface area (Å²) in [6.07, 6.45) is 0. The van der Waals surface area contributed by atoms with Crippen molar-refractivity contribution in [3.05, 3.63) is 115 Å². The number of benzene rings is 5. The molecule has 3 heteroatoms. The van der Waals surface area contributed by atoms with Gasteiger partial charge in [0, 0.05) is 34.0 Å². The fourth-order valence-electron chi connectivity index (χ4n) is 3.95. The van der Waals surface area contributed by atoms with Gasteiger partial charge < -0.3 is 16.4 Å². The molecule has 0 saturated heterocycles. The van der Waals surface area contributed by atoms with Crippen molar-refractivity contribution >= 4 is 39.2 Å². The van der Waals surface area contributed by atoms with Crippen LogP contribution < -0.4 is 16.4 Å². The zero-order valence-corrected chi connectivity index (χ0v) is 17.1. The van der Waals surface area contributed by atoms with Gasteiger partial charge in [-0.3, -0.25) is 0 Å². The van der Waals surface area contributed by atoms with E-state index >= 15 is 0 Å². The summed E-state index contributed by atoms with van der Waals surface area (Å²) in [6.45, 7) is 0. The van der Waals surface area contributed by atoms with Crippen molar-refractivity contribution in [1.29, 1.82) is 0 Å². The fourth-order valence-corrected chi connectivity index (χ4v) is 3.95. The Morgan fingerprint density at radius 3 is 1.90 bits per heavy atom. The van der Waals surface area contributed by atoms with Crippen LogP contribution in [-0.4, -0.2) is 0 Å². The molecule has 0 aromatic heterocycles. The van der Waals surface area contributed by atoms with E-state index in [2.05, 4.69) is 95.9 Å². The van der Waals surface area contributed by atoms with Gasteiger partial charge >= 0.3 is 0 Å². The zero-order chi connectivity index (χ0) is 21.2. The van der Waals surface area contributed by atoms with E-state index in [0.717, 1.165) is 33.9 Å². The van der Waals surface area contributed by atoms with Crippen LogP contribution in [0.3, 0.4) is 0 Å². The number of anilines is 5. The molecule has 0 unspecified atom stereocenters. The van der Waals surface area contributed by atoms with Gasteiger partial charge in [-0.25, -0.2) is 0 Å². The molecule has 0 radical (unpaired) electrons. The van der Waals surface area contributed by atoms with Gasteiger partial charge in [0.25, 0.3) is 0 Å². The number of hydrogen-bond acceptors (Lipinski definition) is 3. The number of fused-ring (bicyclic) bond motifs is 1. The second kappa shape index (κ2) is 7.88. The van der Waals surface area contributed by atoms with E-state index < -0.39 is 0 Å². The lowest BCUT2D eigenvalue weighted by Crippen LogP contribution is -2.09. The van der Waals surface area contributed by atoms with Crippen LogP contribution in [0.15, 0.2) is 115 Å². The summed E-state index contributed by atoms with van der Waals surface area (Å²) in [4.78, 5) is 2.26. The minimum absolute atomic E-state index is 0.704. The predicted octanol–water partition coefficient (Wildman–Crippen LogP) is 7.14. The molecule has 0 bridgehead atoms. The molecule has 4 N–H and O–H groups in total. The zero-order valence-electron chi connectivity index (χ0n) is 17.1. The van der Waals surface area contributed by atoms with Crippen molar-refractivity contribution in [1.82, 2.24) is 0 Å². The molecule has 5 aromatic rings. The second-order valence-electron chi connectivity index (χ2n) is 7.60. The van der Waals surface area contributed by atoms with Gasteiger partial charge in [-0.05, 0) is 70.9 Å². The Hall–Kier alpha value is -4.24. The van der Waals surface area contributed by atoms with E-state index in [0.29, 0.717) is 5.69 Å². The lowest BCUT2D eigenvalue weighted by atomic mass is 10.0. The molecule has 0 atom stereocenters. The van der Waals surface area contributed by atoms with E-state index in [-0.39, 0.29) is 0 Å². The third kappa shape index (κ3) is 3.69. The highest BCUT2D eigenvalue weighted by molar-refractivity contribution is 5.89. The molecule has 31 heavy (non-hydrogen) atoms. The van der Waals surface area contributed by atoms with Crippen LogP contribution in [0, 0.1) is 0 Å². The highest BCUT2D eigenvalue weighted by Crippen LogP contribution is 2.37. The van der Waals surface area contributed by atoms with Gasteiger partial charge in [0.05, 0.1) is 0 Å². The van der Waals surface area contributed by atoms with Crippen molar-refractivity contribution in [3.8, 4) is 11.1 Å². The highest BCUT2D eigenvalue weighted by atomic mass is 15.1. The number of nitrogens with two attached hydrogens (primary N) is 2. The molecule has 0 spiro atoms. The van der Waals surface area contributed by atoms with Gasteiger partial charge in [0.15, 0.2) is 0 Å².